The Morgan fingerprint density at radius 1 is 1.56 bits per heavy atom. The lowest BCUT2D eigenvalue weighted by Crippen LogP contribution is -2.45. The first-order valence-corrected chi connectivity index (χ1v) is 6.33. The molecule has 2 fully saturated rings. The molecule has 2 atom stereocenters. The van der Waals surface area contributed by atoms with Crippen LogP contribution in [0.25, 0.3) is 0 Å². The van der Waals surface area contributed by atoms with Crippen molar-refractivity contribution >= 4 is 5.91 Å². The van der Waals surface area contributed by atoms with Crippen LogP contribution in [0.3, 0.4) is 0 Å². The number of carbonyl (C=O) groups excluding carboxylic acids is 1. The summed E-state index contributed by atoms with van der Waals surface area (Å²) in [4.78, 5) is 14.1. The van der Waals surface area contributed by atoms with Gasteiger partial charge in [-0.2, -0.15) is 5.26 Å². The highest BCUT2D eigenvalue weighted by Gasteiger charge is 2.53. The molecule has 0 aromatic carbocycles. The van der Waals surface area contributed by atoms with Gasteiger partial charge in [0, 0.05) is 13.1 Å². The van der Waals surface area contributed by atoms with Gasteiger partial charge < -0.3 is 4.90 Å². The second-order valence-corrected chi connectivity index (χ2v) is 5.38. The summed E-state index contributed by atoms with van der Waals surface area (Å²) in [7, 11) is 0. The molecule has 1 saturated carbocycles. The molecule has 1 heterocycles. The number of amides is 1. The van der Waals surface area contributed by atoms with E-state index < -0.39 is 5.41 Å². The molecule has 0 spiro atoms. The van der Waals surface area contributed by atoms with Gasteiger partial charge in [0.25, 0.3) is 0 Å². The topological polar surface area (TPSA) is 44.1 Å². The molecule has 3 heteroatoms. The lowest BCUT2D eigenvalue weighted by molar-refractivity contribution is -0.137. The molecule has 16 heavy (non-hydrogen) atoms. The van der Waals surface area contributed by atoms with E-state index in [9.17, 15) is 4.79 Å². The third-order valence-corrected chi connectivity index (χ3v) is 4.30. The van der Waals surface area contributed by atoms with E-state index in [1.54, 1.807) is 0 Å². The summed E-state index contributed by atoms with van der Waals surface area (Å²) in [6, 6.07) is 2.20. The Balaban J connectivity index is 2.01. The molecule has 0 radical (unpaired) electrons. The zero-order valence-electron chi connectivity index (χ0n) is 10.2. The number of hydrogen-bond acceptors (Lipinski definition) is 2. The molecule has 2 aliphatic rings. The van der Waals surface area contributed by atoms with E-state index in [0.717, 1.165) is 38.8 Å². The lowest BCUT2D eigenvalue weighted by atomic mass is 9.84. The fourth-order valence-electron chi connectivity index (χ4n) is 2.67. The van der Waals surface area contributed by atoms with Gasteiger partial charge in [0.15, 0.2) is 0 Å². The third-order valence-electron chi connectivity index (χ3n) is 4.30. The zero-order valence-corrected chi connectivity index (χ0v) is 10.2. The van der Waals surface area contributed by atoms with Gasteiger partial charge in [0.2, 0.25) is 5.91 Å². The van der Waals surface area contributed by atoms with E-state index in [1.165, 1.54) is 0 Å². The summed E-state index contributed by atoms with van der Waals surface area (Å²) >= 11 is 0. The molecule has 1 amide bonds. The highest BCUT2D eigenvalue weighted by atomic mass is 16.2. The molecule has 0 aromatic rings. The van der Waals surface area contributed by atoms with Crippen molar-refractivity contribution in [1.29, 1.82) is 5.26 Å². The molecule has 0 N–H and O–H groups in total. The van der Waals surface area contributed by atoms with Crippen molar-refractivity contribution in [3.05, 3.63) is 0 Å². The zero-order chi connectivity index (χ0) is 11.8. The lowest BCUT2D eigenvalue weighted by Gasteiger charge is -2.37. The van der Waals surface area contributed by atoms with E-state index in [0.29, 0.717) is 11.8 Å². The van der Waals surface area contributed by atoms with Gasteiger partial charge in [-0.3, -0.25) is 4.79 Å². The van der Waals surface area contributed by atoms with Gasteiger partial charge in [-0.05, 0) is 31.1 Å². The van der Waals surface area contributed by atoms with Crippen LogP contribution in [0.15, 0.2) is 0 Å². The van der Waals surface area contributed by atoms with Gasteiger partial charge in [-0.1, -0.05) is 20.3 Å². The van der Waals surface area contributed by atoms with Crippen LogP contribution in [0.1, 0.15) is 39.5 Å². The van der Waals surface area contributed by atoms with Crippen LogP contribution in [0.2, 0.25) is 0 Å². The highest BCUT2D eigenvalue weighted by molar-refractivity contribution is 5.88. The molecule has 0 bridgehead atoms. The second-order valence-electron chi connectivity index (χ2n) is 5.38. The van der Waals surface area contributed by atoms with Crippen LogP contribution < -0.4 is 0 Å². The number of nitriles is 1. The molecule has 2 rings (SSSR count). The first-order valence-electron chi connectivity index (χ1n) is 6.33. The van der Waals surface area contributed by atoms with Crippen molar-refractivity contribution in [2.45, 2.75) is 39.5 Å². The Kier molecular flexibility index (Phi) is 2.92. The van der Waals surface area contributed by atoms with Gasteiger partial charge in [-0.25, -0.2) is 0 Å². The quantitative estimate of drug-likeness (QED) is 0.716. The molecule has 3 nitrogen and oxygen atoms in total. The molecule has 88 valence electrons. The number of rotatable bonds is 2. The predicted molar refractivity (Wildman–Crippen MR) is 61.4 cm³/mol. The van der Waals surface area contributed by atoms with Crippen molar-refractivity contribution in [3.63, 3.8) is 0 Å². The van der Waals surface area contributed by atoms with E-state index >= 15 is 0 Å². The number of hydrogen-bond donors (Lipinski definition) is 0. The van der Waals surface area contributed by atoms with Crippen molar-refractivity contribution in [2.75, 3.05) is 13.1 Å². The summed E-state index contributed by atoms with van der Waals surface area (Å²) in [5.74, 6) is 1.43. The Morgan fingerprint density at radius 2 is 2.25 bits per heavy atom. The Labute approximate surface area is 97.4 Å². The molecular weight excluding hydrogens is 200 g/mol. The summed E-state index contributed by atoms with van der Waals surface area (Å²) in [5, 5.41) is 9.04. The largest absolute Gasteiger partial charge is 0.341 e. The Bertz CT molecular complexity index is 327. The minimum atomic E-state index is -0.626. The van der Waals surface area contributed by atoms with Gasteiger partial charge in [-0.15, -0.1) is 0 Å². The normalized spacial score (nSPS) is 31.9. The fraction of sp³-hybridized carbons (Fsp3) is 0.846. The molecule has 0 unspecified atom stereocenters. The maximum Gasteiger partial charge on any atom is 0.243 e. The number of piperidine rings is 1. The Morgan fingerprint density at radius 3 is 2.75 bits per heavy atom. The average molecular weight is 220 g/mol. The first-order chi connectivity index (χ1) is 7.63. The van der Waals surface area contributed by atoms with Gasteiger partial charge in [0.05, 0.1) is 6.07 Å². The standard InChI is InChI=1S/C13H20N2O/c1-3-11-8-15(7-4-10(11)2)12(16)13(9-14)5-6-13/h10-11H,3-8H2,1-2H3/t10-,11-/m1/s1. The van der Waals surface area contributed by atoms with Crippen LogP contribution >= 0.6 is 0 Å². The van der Waals surface area contributed by atoms with Gasteiger partial charge in [0.1, 0.15) is 5.41 Å². The van der Waals surface area contributed by atoms with Crippen molar-refractivity contribution < 1.29 is 4.79 Å². The van der Waals surface area contributed by atoms with Crippen LogP contribution in [-0.2, 0) is 4.79 Å². The van der Waals surface area contributed by atoms with Crippen LogP contribution in [0.4, 0.5) is 0 Å². The third kappa shape index (κ3) is 1.81. The summed E-state index contributed by atoms with van der Waals surface area (Å²) < 4.78 is 0. The maximum absolute atomic E-state index is 12.2. The predicted octanol–water partition coefficient (Wildman–Crippen LogP) is 2.18. The number of nitrogens with zero attached hydrogens (tertiary/aromatic N) is 2. The van der Waals surface area contributed by atoms with Crippen LogP contribution in [-0.4, -0.2) is 23.9 Å². The minimum Gasteiger partial charge on any atom is -0.341 e. The summed E-state index contributed by atoms with van der Waals surface area (Å²) in [5.41, 5.74) is -0.626. The summed E-state index contributed by atoms with van der Waals surface area (Å²) in [6.07, 6.45) is 3.76. The molecule has 1 saturated heterocycles. The Hall–Kier alpha value is -1.04. The van der Waals surface area contributed by atoms with Crippen molar-refractivity contribution in [2.24, 2.45) is 17.3 Å². The molecule has 0 aromatic heterocycles. The highest BCUT2D eigenvalue weighted by Crippen LogP contribution is 2.47. The van der Waals surface area contributed by atoms with E-state index in [2.05, 4.69) is 19.9 Å². The smallest absolute Gasteiger partial charge is 0.243 e. The van der Waals surface area contributed by atoms with E-state index in [4.69, 9.17) is 5.26 Å². The fourth-order valence-corrected chi connectivity index (χ4v) is 2.67. The monoisotopic (exact) mass is 220 g/mol. The molecule has 1 aliphatic carbocycles. The van der Waals surface area contributed by atoms with Crippen molar-refractivity contribution in [3.8, 4) is 6.07 Å². The molecule has 1 aliphatic heterocycles. The summed E-state index contributed by atoms with van der Waals surface area (Å²) in [6.45, 7) is 6.17. The van der Waals surface area contributed by atoms with E-state index in [-0.39, 0.29) is 5.91 Å². The number of carbonyl (C=O) groups is 1. The van der Waals surface area contributed by atoms with Gasteiger partial charge >= 0.3 is 0 Å². The first kappa shape index (κ1) is 11.4. The van der Waals surface area contributed by atoms with Crippen LogP contribution in [0.5, 0.6) is 0 Å². The SMILES string of the molecule is CC[C@@H]1CN(C(=O)C2(C#N)CC2)CC[C@H]1C. The minimum absolute atomic E-state index is 0.0975. The van der Waals surface area contributed by atoms with Crippen LogP contribution in [0, 0.1) is 28.6 Å². The number of likely N-dealkylation sites (tertiary alicyclic amines) is 1. The molecular formula is C13H20N2O. The second kappa shape index (κ2) is 4.08. The van der Waals surface area contributed by atoms with E-state index in [1.807, 2.05) is 4.90 Å². The van der Waals surface area contributed by atoms with Crippen molar-refractivity contribution in [1.82, 2.24) is 4.90 Å². The average Bonchev–Trinajstić information content (AvgIpc) is 3.09. The maximum atomic E-state index is 12.2.